The quantitative estimate of drug-likeness (QED) is 0.387. The zero-order valence-electron chi connectivity index (χ0n) is 24.3. The molecule has 7 nitrogen and oxygen atoms in total. The minimum absolute atomic E-state index is 0.0121. The molecule has 3 aliphatic rings. The Morgan fingerprint density at radius 1 is 1.00 bits per heavy atom. The number of rotatable bonds is 9. The summed E-state index contributed by atoms with van der Waals surface area (Å²) in [5.74, 6) is -1.30. The maximum absolute atomic E-state index is 15.6. The summed E-state index contributed by atoms with van der Waals surface area (Å²) in [5, 5.41) is 3.70. The van der Waals surface area contributed by atoms with Gasteiger partial charge in [-0.1, -0.05) is 18.2 Å². The monoisotopic (exact) mass is 612 g/mol. The number of piperazine rings is 1. The van der Waals surface area contributed by atoms with Crippen LogP contribution < -0.4 is 15.6 Å². The molecule has 3 aromatic rings. The van der Waals surface area contributed by atoms with E-state index in [-0.39, 0.29) is 46.4 Å². The number of hydrogen-bond acceptors (Lipinski definition) is 6. The smallest absolute Gasteiger partial charge is 0.260 e. The number of pyridine rings is 1. The number of ether oxygens (including phenoxy) is 1. The van der Waals surface area contributed by atoms with Gasteiger partial charge < -0.3 is 10.1 Å². The highest BCUT2D eigenvalue weighted by molar-refractivity contribution is 7.99. The number of aromatic nitrogens is 1. The van der Waals surface area contributed by atoms with Gasteiger partial charge in [-0.2, -0.15) is 0 Å². The van der Waals surface area contributed by atoms with E-state index in [0.29, 0.717) is 41.0 Å². The normalized spacial score (nSPS) is 19.0. The number of carbonyl (C=O) groups is 1. The zero-order valence-corrected chi connectivity index (χ0v) is 25.1. The van der Waals surface area contributed by atoms with Gasteiger partial charge in [-0.05, 0) is 49.1 Å². The number of benzene rings is 2. The summed E-state index contributed by atoms with van der Waals surface area (Å²) < 4.78 is 52.1. The number of nitrogens with one attached hydrogen (secondary N) is 1. The topological polar surface area (TPSA) is 66.8 Å². The van der Waals surface area contributed by atoms with E-state index in [0.717, 1.165) is 39.0 Å². The lowest BCUT2D eigenvalue weighted by atomic mass is 9.94. The number of halogens is 3. The van der Waals surface area contributed by atoms with Crippen LogP contribution in [0.4, 0.5) is 13.2 Å². The van der Waals surface area contributed by atoms with E-state index >= 15 is 4.39 Å². The minimum atomic E-state index is -0.665. The standard InChI is InChI=1S/C32H35F3N4O3S/c1-19-23(15-24-25(33)6-4-7-26(24)34)32-39(31(41)29(19)22-5-3-8-27(42-2)30(22)35)21(18-43-32)16-37-11-13-38(14-12-37)17-28(40)36-20-9-10-20/h3-8,20-21H,9-18H2,1-2H3,(H,36,40). The Morgan fingerprint density at radius 3 is 2.35 bits per heavy atom. The molecule has 2 fully saturated rings. The third-order valence-corrected chi connectivity index (χ3v) is 9.89. The largest absolute Gasteiger partial charge is 0.494 e. The van der Waals surface area contributed by atoms with Crippen molar-refractivity contribution < 1.29 is 22.7 Å². The average Bonchev–Trinajstić information content (AvgIpc) is 3.70. The van der Waals surface area contributed by atoms with Crippen LogP contribution in [0.25, 0.3) is 11.1 Å². The molecule has 11 heteroatoms. The molecule has 1 aromatic heterocycles. The van der Waals surface area contributed by atoms with Crippen LogP contribution >= 0.6 is 11.8 Å². The lowest BCUT2D eigenvalue weighted by Crippen LogP contribution is -2.51. The first-order chi connectivity index (χ1) is 20.7. The summed E-state index contributed by atoms with van der Waals surface area (Å²) in [6.45, 7) is 5.68. The molecule has 0 radical (unpaired) electrons. The molecule has 2 aromatic carbocycles. The molecule has 1 N–H and O–H groups in total. The fourth-order valence-corrected chi connectivity index (χ4v) is 7.47. The second kappa shape index (κ2) is 12.4. The Labute approximate surface area is 253 Å². The first-order valence-corrected chi connectivity index (χ1v) is 15.6. The van der Waals surface area contributed by atoms with Crippen LogP contribution in [0.15, 0.2) is 46.2 Å². The minimum Gasteiger partial charge on any atom is -0.494 e. The number of hydrogen-bond donors (Lipinski definition) is 1. The van der Waals surface area contributed by atoms with Crippen molar-refractivity contribution in [2.24, 2.45) is 0 Å². The molecule has 0 spiro atoms. The van der Waals surface area contributed by atoms with E-state index in [4.69, 9.17) is 4.74 Å². The molecule has 6 rings (SSSR count). The van der Waals surface area contributed by atoms with Crippen LogP contribution in [0.1, 0.15) is 35.6 Å². The van der Waals surface area contributed by atoms with E-state index in [2.05, 4.69) is 15.1 Å². The molecule has 1 unspecified atom stereocenters. The van der Waals surface area contributed by atoms with Crippen LogP contribution in [0.2, 0.25) is 0 Å². The van der Waals surface area contributed by atoms with Gasteiger partial charge in [0.15, 0.2) is 11.6 Å². The van der Waals surface area contributed by atoms with Crippen LogP contribution in [0.3, 0.4) is 0 Å². The van der Waals surface area contributed by atoms with Crippen molar-refractivity contribution in [2.75, 3.05) is 52.1 Å². The second-order valence-corrected chi connectivity index (χ2v) is 12.5. The number of fused-ring (bicyclic) bond motifs is 1. The van der Waals surface area contributed by atoms with Crippen molar-refractivity contribution in [3.8, 4) is 16.9 Å². The summed E-state index contributed by atoms with van der Waals surface area (Å²) in [6, 6.07) is 8.54. The number of carbonyl (C=O) groups excluding carboxylic acids is 1. The molecule has 1 saturated heterocycles. The van der Waals surface area contributed by atoms with E-state index in [1.54, 1.807) is 17.6 Å². The fourth-order valence-electron chi connectivity index (χ4n) is 6.10. The summed E-state index contributed by atoms with van der Waals surface area (Å²) >= 11 is 1.50. The maximum Gasteiger partial charge on any atom is 0.260 e. The average molecular weight is 613 g/mol. The van der Waals surface area contributed by atoms with E-state index in [1.807, 2.05) is 0 Å². The number of amides is 1. The molecule has 0 bridgehead atoms. The number of nitrogens with zero attached hydrogens (tertiary/aromatic N) is 3. The third-order valence-electron chi connectivity index (χ3n) is 8.63. The predicted molar refractivity (Wildman–Crippen MR) is 160 cm³/mol. The van der Waals surface area contributed by atoms with Gasteiger partial charge in [-0.25, -0.2) is 13.2 Å². The van der Waals surface area contributed by atoms with Gasteiger partial charge in [0.2, 0.25) is 5.91 Å². The Balaban J connectivity index is 1.32. The van der Waals surface area contributed by atoms with Gasteiger partial charge in [0.1, 0.15) is 11.6 Å². The molecule has 1 amide bonds. The van der Waals surface area contributed by atoms with Gasteiger partial charge in [-0.15, -0.1) is 11.8 Å². The third kappa shape index (κ3) is 6.07. The van der Waals surface area contributed by atoms with Crippen LogP contribution in [-0.2, 0) is 11.2 Å². The van der Waals surface area contributed by atoms with E-state index < -0.39 is 17.5 Å². The van der Waals surface area contributed by atoms with Gasteiger partial charge in [0, 0.05) is 62.1 Å². The predicted octanol–water partition coefficient (Wildman–Crippen LogP) is 4.38. The molecular formula is C32H35F3N4O3S. The van der Waals surface area contributed by atoms with Gasteiger partial charge in [-0.3, -0.25) is 24.0 Å². The fraction of sp³-hybridized carbons (Fsp3) is 0.438. The summed E-state index contributed by atoms with van der Waals surface area (Å²) in [6.07, 6.45) is 2.05. The Hall–Kier alpha value is -3.28. The van der Waals surface area contributed by atoms with Crippen molar-refractivity contribution in [3.63, 3.8) is 0 Å². The first kappa shape index (κ1) is 29.8. The molecular weight excluding hydrogens is 577 g/mol. The van der Waals surface area contributed by atoms with E-state index in [9.17, 15) is 18.4 Å². The van der Waals surface area contributed by atoms with Gasteiger partial charge >= 0.3 is 0 Å². The first-order valence-electron chi connectivity index (χ1n) is 14.7. The van der Waals surface area contributed by atoms with Crippen molar-refractivity contribution >= 4 is 17.7 Å². The second-order valence-electron chi connectivity index (χ2n) is 11.5. The molecule has 3 heterocycles. The molecule has 1 atom stereocenters. The lowest BCUT2D eigenvalue weighted by Gasteiger charge is -2.35. The van der Waals surface area contributed by atoms with Crippen LogP contribution in [-0.4, -0.2) is 78.4 Å². The number of methoxy groups -OCH3 is 1. The summed E-state index contributed by atoms with van der Waals surface area (Å²) in [5.41, 5.74) is 0.960. The molecule has 228 valence electrons. The SMILES string of the molecule is COc1cccc(-c2c(C)c(Cc3c(F)cccc3F)c3n(c2=O)C(CN2CCN(CC(=O)NC4CC4)CC2)CS3)c1F. The lowest BCUT2D eigenvalue weighted by molar-refractivity contribution is -0.122. The van der Waals surface area contributed by atoms with Crippen molar-refractivity contribution in [2.45, 2.75) is 43.3 Å². The Morgan fingerprint density at radius 2 is 1.67 bits per heavy atom. The Kier molecular flexibility index (Phi) is 8.57. The van der Waals surface area contributed by atoms with E-state index in [1.165, 1.54) is 49.2 Å². The molecule has 2 aliphatic heterocycles. The summed E-state index contributed by atoms with van der Waals surface area (Å²) in [7, 11) is 1.36. The van der Waals surface area contributed by atoms with Crippen molar-refractivity contribution in [1.29, 1.82) is 0 Å². The van der Waals surface area contributed by atoms with Crippen LogP contribution in [0, 0.1) is 24.4 Å². The Bertz CT molecular complexity index is 1580. The van der Waals surface area contributed by atoms with Gasteiger partial charge in [0.25, 0.3) is 5.56 Å². The number of thioether (sulfide) groups is 1. The molecule has 43 heavy (non-hydrogen) atoms. The summed E-state index contributed by atoms with van der Waals surface area (Å²) in [4.78, 5) is 30.9. The van der Waals surface area contributed by atoms with Crippen molar-refractivity contribution in [3.05, 3.63) is 80.9 Å². The zero-order chi connectivity index (χ0) is 30.2. The highest BCUT2D eigenvalue weighted by Gasteiger charge is 2.34. The molecule has 1 saturated carbocycles. The van der Waals surface area contributed by atoms with Crippen LogP contribution in [0.5, 0.6) is 5.75 Å². The highest BCUT2D eigenvalue weighted by atomic mass is 32.2. The highest BCUT2D eigenvalue weighted by Crippen LogP contribution is 2.41. The van der Waals surface area contributed by atoms with Crippen molar-refractivity contribution in [1.82, 2.24) is 19.7 Å². The molecule has 1 aliphatic carbocycles. The maximum atomic E-state index is 15.6. The van der Waals surface area contributed by atoms with Gasteiger partial charge in [0.05, 0.1) is 30.3 Å².